The molecule has 0 unspecified atom stereocenters. The minimum absolute atomic E-state index is 0.213. The van der Waals surface area contributed by atoms with E-state index in [1.165, 1.54) is 0 Å². The first-order valence-corrected chi connectivity index (χ1v) is 5.21. The summed E-state index contributed by atoms with van der Waals surface area (Å²) >= 11 is 0. The van der Waals surface area contributed by atoms with Gasteiger partial charge < -0.3 is 4.74 Å². The van der Waals surface area contributed by atoms with Crippen molar-refractivity contribution in [1.82, 2.24) is 0 Å². The number of cyclic esters (lactones) is 1. The van der Waals surface area contributed by atoms with Crippen LogP contribution in [0.1, 0.15) is 15.9 Å². The first-order chi connectivity index (χ1) is 7.86. The molecule has 1 aliphatic heterocycles. The second kappa shape index (κ2) is 3.49. The first-order valence-electron chi connectivity index (χ1n) is 5.21. The van der Waals surface area contributed by atoms with E-state index in [2.05, 4.69) is 0 Å². The minimum Gasteiger partial charge on any atom is -0.457 e. The highest BCUT2D eigenvalue weighted by atomic mass is 16.5. The lowest BCUT2D eigenvalue weighted by Gasteiger charge is -2.04. The summed E-state index contributed by atoms with van der Waals surface area (Å²) in [7, 11) is 0. The maximum Gasteiger partial charge on any atom is 0.339 e. The van der Waals surface area contributed by atoms with Crippen LogP contribution in [0.3, 0.4) is 0 Å². The highest BCUT2D eigenvalue weighted by Crippen LogP contribution is 2.30. The van der Waals surface area contributed by atoms with Gasteiger partial charge in [0.1, 0.15) is 6.61 Å². The van der Waals surface area contributed by atoms with Crippen molar-refractivity contribution in [3.8, 4) is 11.1 Å². The Balaban J connectivity index is 2.23. The van der Waals surface area contributed by atoms with Gasteiger partial charge in [-0.05, 0) is 11.1 Å². The Kier molecular flexibility index (Phi) is 2.00. The van der Waals surface area contributed by atoms with Crippen LogP contribution in [0.15, 0.2) is 48.5 Å². The van der Waals surface area contributed by atoms with E-state index in [0.29, 0.717) is 12.2 Å². The maximum absolute atomic E-state index is 11.6. The number of hydrogen-bond acceptors (Lipinski definition) is 2. The summed E-state index contributed by atoms with van der Waals surface area (Å²) in [6.45, 7) is 0.398. The summed E-state index contributed by atoms with van der Waals surface area (Å²) in [5, 5.41) is 0. The largest absolute Gasteiger partial charge is 0.457 e. The molecule has 2 heteroatoms. The topological polar surface area (TPSA) is 26.3 Å². The Morgan fingerprint density at radius 1 is 0.938 bits per heavy atom. The SMILES string of the molecule is O=C1OCc2cccc(-c3ccccc3)c21. The molecule has 0 radical (unpaired) electrons. The zero-order chi connectivity index (χ0) is 11.0. The molecular formula is C14H10O2. The highest BCUT2D eigenvalue weighted by Gasteiger charge is 2.24. The van der Waals surface area contributed by atoms with Crippen LogP contribution >= 0.6 is 0 Å². The molecule has 0 bridgehead atoms. The Morgan fingerprint density at radius 2 is 1.75 bits per heavy atom. The van der Waals surface area contributed by atoms with E-state index in [-0.39, 0.29) is 5.97 Å². The first kappa shape index (κ1) is 9.16. The summed E-state index contributed by atoms with van der Waals surface area (Å²) < 4.78 is 5.05. The van der Waals surface area contributed by atoms with E-state index in [1.807, 2.05) is 48.5 Å². The van der Waals surface area contributed by atoms with Crippen molar-refractivity contribution >= 4 is 5.97 Å². The van der Waals surface area contributed by atoms with Gasteiger partial charge in [-0.2, -0.15) is 0 Å². The van der Waals surface area contributed by atoms with Crippen LogP contribution in [0, 0.1) is 0 Å². The maximum atomic E-state index is 11.6. The monoisotopic (exact) mass is 210 g/mol. The fourth-order valence-electron chi connectivity index (χ4n) is 2.04. The second-order valence-electron chi connectivity index (χ2n) is 3.78. The average molecular weight is 210 g/mol. The smallest absolute Gasteiger partial charge is 0.339 e. The van der Waals surface area contributed by atoms with Crippen LogP contribution in [0.2, 0.25) is 0 Å². The number of hydrogen-bond donors (Lipinski definition) is 0. The van der Waals surface area contributed by atoms with Gasteiger partial charge in [0.2, 0.25) is 0 Å². The number of benzene rings is 2. The summed E-state index contributed by atoms with van der Waals surface area (Å²) in [5.41, 5.74) is 3.71. The molecule has 0 atom stereocenters. The van der Waals surface area contributed by atoms with Crippen LogP contribution in [0.25, 0.3) is 11.1 Å². The third kappa shape index (κ3) is 1.31. The van der Waals surface area contributed by atoms with E-state index in [1.54, 1.807) is 0 Å². The number of esters is 1. The Hall–Kier alpha value is -2.09. The number of ether oxygens (including phenoxy) is 1. The molecular weight excluding hydrogens is 200 g/mol. The molecule has 1 aliphatic rings. The van der Waals surface area contributed by atoms with Crippen LogP contribution in [0.5, 0.6) is 0 Å². The quantitative estimate of drug-likeness (QED) is 0.676. The van der Waals surface area contributed by atoms with Gasteiger partial charge in [0, 0.05) is 5.56 Å². The van der Waals surface area contributed by atoms with Gasteiger partial charge in [-0.25, -0.2) is 4.79 Å². The van der Waals surface area contributed by atoms with Crippen molar-refractivity contribution in [3.05, 3.63) is 59.7 Å². The average Bonchev–Trinajstić information content (AvgIpc) is 2.73. The number of carbonyl (C=O) groups is 1. The van der Waals surface area contributed by atoms with E-state index in [4.69, 9.17) is 4.74 Å². The molecule has 2 aromatic rings. The zero-order valence-corrected chi connectivity index (χ0v) is 8.64. The lowest BCUT2D eigenvalue weighted by Crippen LogP contribution is -1.96. The molecule has 0 aromatic heterocycles. The fraction of sp³-hybridized carbons (Fsp3) is 0.0714. The molecule has 16 heavy (non-hydrogen) atoms. The summed E-state index contributed by atoms with van der Waals surface area (Å²) in [6, 6.07) is 15.8. The number of carbonyl (C=O) groups excluding carboxylic acids is 1. The summed E-state index contributed by atoms with van der Waals surface area (Å²) in [6.07, 6.45) is 0. The molecule has 0 saturated carbocycles. The molecule has 3 rings (SSSR count). The third-order valence-corrected chi connectivity index (χ3v) is 2.80. The molecule has 78 valence electrons. The molecule has 0 spiro atoms. The van der Waals surface area contributed by atoms with Crippen molar-refractivity contribution in [1.29, 1.82) is 0 Å². The molecule has 0 amide bonds. The van der Waals surface area contributed by atoms with Gasteiger partial charge in [0.15, 0.2) is 0 Å². The normalized spacial score (nSPS) is 13.4. The minimum atomic E-state index is -0.213. The van der Waals surface area contributed by atoms with Crippen molar-refractivity contribution in [3.63, 3.8) is 0 Å². The van der Waals surface area contributed by atoms with Gasteiger partial charge >= 0.3 is 5.97 Å². The fourth-order valence-corrected chi connectivity index (χ4v) is 2.04. The summed E-state index contributed by atoms with van der Waals surface area (Å²) in [5.74, 6) is -0.213. The lowest BCUT2D eigenvalue weighted by atomic mass is 9.97. The van der Waals surface area contributed by atoms with Crippen molar-refractivity contribution in [2.24, 2.45) is 0 Å². The Bertz CT molecular complexity index is 544. The van der Waals surface area contributed by atoms with Gasteiger partial charge in [0.05, 0.1) is 5.56 Å². The van der Waals surface area contributed by atoms with E-state index >= 15 is 0 Å². The van der Waals surface area contributed by atoms with Gasteiger partial charge in [0.25, 0.3) is 0 Å². The van der Waals surface area contributed by atoms with Gasteiger partial charge in [-0.3, -0.25) is 0 Å². The van der Waals surface area contributed by atoms with E-state index in [0.717, 1.165) is 16.7 Å². The third-order valence-electron chi connectivity index (χ3n) is 2.80. The Labute approximate surface area is 93.5 Å². The standard InChI is InChI=1S/C14H10O2/c15-14-13-11(9-16-14)7-4-8-12(13)10-5-2-1-3-6-10/h1-8H,9H2. The van der Waals surface area contributed by atoms with Crippen molar-refractivity contribution < 1.29 is 9.53 Å². The van der Waals surface area contributed by atoms with Crippen molar-refractivity contribution in [2.45, 2.75) is 6.61 Å². The number of fused-ring (bicyclic) bond motifs is 1. The van der Waals surface area contributed by atoms with E-state index < -0.39 is 0 Å². The molecule has 2 aromatic carbocycles. The van der Waals surface area contributed by atoms with Gasteiger partial charge in [-0.1, -0.05) is 48.5 Å². The molecule has 0 aliphatic carbocycles. The second-order valence-corrected chi connectivity index (χ2v) is 3.78. The predicted molar refractivity (Wildman–Crippen MR) is 61.0 cm³/mol. The molecule has 2 nitrogen and oxygen atoms in total. The zero-order valence-electron chi connectivity index (χ0n) is 8.64. The number of rotatable bonds is 1. The van der Waals surface area contributed by atoms with Crippen LogP contribution in [0.4, 0.5) is 0 Å². The highest BCUT2D eigenvalue weighted by molar-refractivity contribution is 6.00. The van der Waals surface area contributed by atoms with Crippen LogP contribution in [-0.2, 0) is 11.3 Å². The van der Waals surface area contributed by atoms with Gasteiger partial charge in [-0.15, -0.1) is 0 Å². The molecule has 1 heterocycles. The molecule has 0 N–H and O–H groups in total. The van der Waals surface area contributed by atoms with Crippen LogP contribution < -0.4 is 0 Å². The molecule has 0 saturated heterocycles. The Morgan fingerprint density at radius 3 is 2.56 bits per heavy atom. The van der Waals surface area contributed by atoms with E-state index in [9.17, 15) is 4.79 Å². The van der Waals surface area contributed by atoms with Crippen LogP contribution in [-0.4, -0.2) is 5.97 Å². The lowest BCUT2D eigenvalue weighted by molar-refractivity contribution is 0.0535. The summed E-state index contributed by atoms with van der Waals surface area (Å²) in [4.78, 5) is 11.6. The van der Waals surface area contributed by atoms with Crippen molar-refractivity contribution in [2.75, 3.05) is 0 Å². The predicted octanol–water partition coefficient (Wildman–Crippen LogP) is 3.02. The molecule has 0 fully saturated rings.